The Balaban J connectivity index is 1.64. The molecule has 142 valence electrons. The lowest BCUT2D eigenvalue weighted by Crippen LogP contribution is -2.16. The number of hydrogen-bond acceptors (Lipinski definition) is 8. The van der Waals surface area contributed by atoms with E-state index in [1.165, 1.54) is 23.1 Å². The summed E-state index contributed by atoms with van der Waals surface area (Å²) < 4.78 is 6.90. The van der Waals surface area contributed by atoms with Gasteiger partial charge in [0, 0.05) is 11.9 Å². The van der Waals surface area contributed by atoms with Crippen LogP contribution in [0, 0.1) is 6.92 Å². The molecule has 27 heavy (non-hydrogen) atoms. The van der Waals surface area contributed by atoms with E-state index in [4.69, 9.17) is 4.74 Å². The normalized spacial score (nSPS) is 10.8. The molecule has 0 bridgehead atoms. The van der Waals surface area contributed by atoms with Crippen LogP contribution in [0.5, 0.6) is 0 Å². The molecular weight excluding hydrogens is 404 g/mol. The van der Waals surface area contributed by atoms with Crippen LogP contribution >= 0.6 is 34.4 Å². The maximum Gasteiger partial charge on any atom is 0.341 e. The van der Waals surface area contributed by atoms with Gasteiger partial charge in [-0.2, -0.15) is 0 Å². The predicted molar refractivity (Wildman–Crippen MR) is 109 cm³/mol. The Labute approximate surface area is 168 Å². The number of thioether (sulfide) groups is 1. The molecule has 3 heterocycles. The molecule has 0 atom stereocenters. The van der Waals surface area contributed by atoms with E-state index in [0.29, 0.717) is 15.7 Å². The second kappa shape index (κ2) is 8.68. The summed E-state index contributed by atoms with van der Waals surface area (Å²) in [6.45, 7) is 3.91. The van der Waals surface area contributed by atoms with Crippen molar-refractivity contribution in [2.24, 2.45) is 7.05 Å². The number of anilines is 1. The second-order valence-corrected chi connectivity index (χ2v) is 8.65. The Morgan fingerprint density at radius 1 is 1.37 bits per heavy atom. The summed E-state index contributed by atoms with van der Waals surface area (Å²) in [6.07, 6.45) is 0. The largest absolute Gasteiger partial charge is 0.462 e. The molecule has 0 saturated heterocycles. The highest BCUT2D eigenvalue weighted by molar-refractivity contribution is 7.99. The number of ether oxygens (including phenoxy) is 1. The maximum atomic E-state index is 12.3. The minimum atomic E-state index is -0.432. The zero-order valence-corrected chi connectivity index (χ0v) is 17.5. The lowest BCUT2D eigenvalue weighted by molar-refractivity contribution is -0.113. The van der Waals surface area contributed by atoms with Crippen LogP contribution in [-0.2, 0) is 16.6 Å². The van der Waals surface area contributed by atoms with Gasteiger partial charge in [-0.05, 0) is 31.4 Å². The summed E-state index contributed by atoms with van der Waals surface area (Å²) in [5, 5.41) is 14.3. The van der Waals surface area contributed by atoms with Crippen molar-refractivity contribution in [2.45, 2.75) is 19.0 Å². The van der Waals surface area contributed by atoms with E-state index >= 15 is 0 Å². The number of esters is 1. The zero-order valence-electron chi connectivity index (χ0n) is 15.0. The van der Waals surface area contributed by atoms with Gasteiger partial charge in [0.1, 0.15) is 5.00 Å². The van der Waals surface area contributed by atoms with E-state index < -0.39 is 5.97 Å². The van der Waals surface area contributed by atoms with Crippen LogP contribution in [-0.4, -0.2) is 39.0 Å². The number of hydrogen-bond donors (Lipinski definition) is 1. The third-order valence-electron chi connectivity index (χ3n) is 3.51. The molecule has 0 aliphatic carbocycles. The predicted octanol–water partition coefficient (Wildman–Crippen LogP) is 3.82. The molecule has 1 N–H and O–H groups in total. The number of thiophene rings is 2. The fourth-order valence-corrected chi connectivity index (χ4v) is 4.69. The molecule has 3 aromatic heterocycles. The quantitative estimate of drug-likeness (QED) is 0.460. The van der Waals surface area contributed by atoms with Crippen molar-refractivity contribution in [3.05, 3.63) is 34.0 Å². The molecule has 10 heteroatoms. The van der Waals surface area contributed by atoms with Crippen molar-refractivity contribution in [3.8, 4) is 10.7 Å². The van der Waals surface area contributed by atoms with Crippen LogP contribution in [0.25, 0.3) is 10.7 Å². The van der Waals surface area contributed by atoms with Crippen molar-refractivity contribution >= 4 is 51.3 Å². The highest BCUT2D eigenvalue weighted by Gasteiger charge is 2.19. The van der Waals surface area contributed by atoms with Gasteiger partial charge in [-0.1, -0.05) is 17.8 Å². The Morgan fingerprint density at radius 3 is 2.89 bits per heavy atom. The number of aromatic nitrogens is 3. The highest BCUT2D eigenvalue weighted by Crippen LogP contribution is 2.29. The summed E-state index contributed by atoms with van der Waals surface area (Å²) in [4.78, 5) is 26.3. The van der Waals surface area contributed by atoms with Crippen molar-refractivity contribution in [2.75, 3.05) is 17.7 Å². The van der Waals surface area contributed by atoms with E-state index in [1.807, 2.05) is 36.1 Å². The molecule has 3 rings (SSSR count). The van der Waals surface area contributed by atoms with Gasteiger partial charge in [0.05, 0.1) is 22.8 Å². The molecule has 0 unspecified atom stereocenters. The Hall–Kier alpha value is -2.17. The van der Waals surface area contributed by atoms with Crippen LogP contribution in [0.4, 0.5) is 5.00 Å². The van der Waals surface area contributed by atoms with Gasteiger partial charge in [-0.15, -0.1) is 32.9 Å². The topological polar surface area (TPSA) is 86.1 Å². The lowest BCUT2D eigenvalue weighted by atomic mass is 10.3. The number of rotatable bonds is 7. The van der Waals surface area contributed by atoms with Crippen LogP contribution < -0.4 is 5.32 Å². The molecule has 0 spiro atoms. The van der Waals surface area contributed by atoms with Gasteiger partial charge >= 0.3 is 5.97 Å². The molecule has 1 amide bonds. The third kappa shape index (κ3) is 4.57. The summed E-state index contributed by atoms with van der Waals surface area (Å²) in [6, 6.07) is 5.66. The van der Waals surface area contributed by atoms with Gasteiger partial charge < -0.3 is 14.6 Å². The maximum absolute atomic E-state index is 12.3. The first-order valence-electron chi connectivity index (χ1n) is 8.13. The fourth-order valence-electron chi connectivity index (χ4n) is 2.32. The fraction of sp³-hybridized carbons (Fsp3) is 0.294. The minimum absolute atomic E-state index is 0.162. The first kappa shape index (κ1) is 19.6. The number of carbonyl (C=O) groups excluding carboxylic acids is 2. The molecule has 0 aliphatic heterocycles. The Morgan fingerprint density at radius 2 is 2.19 bits per heavy atom. The number of nitrogens with one attached hydrogen (secondary N) is 1. The summed E-state index contributed by atoms with van der Waals surface area (Å²) >= 11 is 4.23. The van der Waals surface area contributed by atoms with E-state index in [9.17, 15) is 9.59 Å². The Bertz CT molecular complexity index is 947. The number of carbonyl (C=O) groups is 2. The Kier molecular flexibility index (Phi) is 6.30. The van der Waals surface area contributed by atoms with Gasteiger partial charge in [0.15, 0.2) is 11.0 Å². The molecular formula is C17H18N4O3S3. The smallest absolute Gasteiger partial charge is 0.341 e. The SMILES string of the molecule is CCOC(=O)c1cc(C)sc1NC(=O)CSc1nnc(-c2cccs2)n1C. The van der Waals surface area contributed by atoms with Crippen molar-refractivity contribution in [1.82, 2.24) is 14.8 Å². The van der Waals surface area contributed by atoms with Gasteiger partial charge in [-0.3, -0.25) is 4.79 Å². The summed E-state index contributed by atoms with van der Waals surface area (Å²) in [5.74, 6) is 0.286. The lowest BCUT2D eigenvalue weighted by Gasteiger charge is -2.06. The molecule has 0 saturated carbocycles. The molecule has 3 aromatic rings. The van der Waals surface area contributed by atoms with Crippen molar-refractivity contribution < 1.29 is 14.3 Å². The number of nitrogens with zero attached hydrogens (tertiary/aromatic N) is 3. The molecule has 0 radical (unpaired) electrons. The first-order valence-corrected chi connectivity index (χ1v) is 10.8. The van der Waals surface area contributed by atoms with Crippen molar-refractivity contribution in [1.29, 1.82) is 0 Å². The van der Waals surface area contributed by atoms with E-state index in [1.54, 1.807) is 24.3 Å². The van der Waals surface area contributed by atoms with Crippen LogP contribution in [0.1, 0.15) is 22.2 Å². The standard InChI is InChI=1S/C17H18N4O3S3/c1-4-24-16(23)11-8-10(2)27-15(11)18-13(22)9-26-17-20-19-14(21(17)3)12-6-5-7-25-12/h5-8H,4,9H2,1-3H3,(H,18,22). The average molecular weight is 423 g/mol. The summed E-state index contributed by atoms with van der Waals surface area (Å²) in [5.41, 5.74) is 0.385. The van der Waals surface area contributed by atoms with E-state index in [2.05, 4.69) is 15.5 Å². The molecule has 0 aliphatic rings. The number of aryl methyl sites for hydroxylation is 1. The van der Waals surface area contributed by atoms with Crippen LogP contribution in [0.15, 0.2) is 28.7 Å². The second-order valence-electron chi connectivity index (χ2n) is 5.50. The molecule has 0 fully saturated rings. The molecule has 0 aromatic carbocycles. The van der Waals surface area contributed by atoms with Crippen molar-refractivity contribution in [3.63, 3.8) is 0 Å². The monoisotopic (exact) mass is 422 g/mol. The third-order valence-corrected chi connectivity index (χ3v) is 6.36. The molecule has 7 nitrogen and oxygen atoms in total. The zero-order chi connectivity index (χ0) is 19.4. The van der Waals surface area contributed by atoms with Crippen LogP contribution in [0.3, 0.4) is 0 Å². The number of amides is 1. The average Bonchev–Trinajstić information content (AvgIpc) is 3.34. The summed E-state index contributed by atoms with van der Waals surface area (Å²) in [7, 11) is 1.87. The van der Waals surface area contributed by atoms with Crippen LogP contribution in [0.2, 0.25) is 0 Å². The minimum Gasteiger partial charge on any atom is -0.462 e. The van der Waals surface area contributed by atoms with E-state index in [0.717, 1.165) is 15.6 Å². The first-order chi connectivity index (χ1) is 13.0. The van der Waals surface area contributed by atoms with Gasteiger partial charge in [-0.25, -0.2) is 4.79 Å². The van der Waals surface area contributed by atoms with Gasteiger partial charge in [0.25, 0.3) is 0 Å². The van der Waals surface area contributed by atoms with Gasteiger partial charge in [0.2, 0.25) is 5.91 Å². The highest BCUT2D eigenvalue weighted by atomic mass is 32.2. The van der Waals surface area contributed by atoms with E-state index in [-0.39, 0.29) is 18.3 Å².